The van der Waals surface area contributed by atoms with Crippen molar-refractivity contribution in [2.45, 2.75) is 19.6 Å². The van der Waals surface area contributed by atoms with Gasteiger partial charge in [-0.05, 0) is 49.8 Å². The van der Waals surface area contributed by atoms with E-state index in [1.807, 2.05) is 24.3 Å². The van der Waals surface area contributed by atoms with Crippen molar-refractivity contribution in [3.8, 4) is 11.5 Å². The summed E-state index contributed by atoms with van der Waals surface area (Å²) in [4.78, 5) is 4.96. The normalized spacial score (nSPS) is 15.5. The van der Waals surface area contributed by atoms with Crippen LogP contribution in [-0.4, -0.2) is 63.2 Å². The number of nitrogens with zero attached hydrogens (tertiary/aromatic N) is 2. The highest BCUT2D eigenvalue weighted by molar-refractivity contribution is 5.43. The summed E-state index contributed by atoms with van der Waals surface area (Å²) in [5.41, 5.74) is 2.36. The van der Waals surface area contributed by atoms with Crippen molar-refractivity contribution in [2.75, 3.05) is 53.4 Å². The molecule has 3 rings (SSSR count). The van der Waals surface area contributed by atoms with Crippen molar-refractivity contribution >= 4 is 0 Å². The fourth-order valence-corrected chi connectivity index (χ4v) is 3.41. The molecular formula is C23H33N3O2. The van der Waals surface area contributed by atoms with E-state index in [4.69, 9.17) is 9.47 Å². The Morgan fingerprint density at radius 1 is 0.929 bits per heavy atom. The molecule has 2 aromatic rings. The van der Waals surface area contributed by atoms with E-state index >= 15 is 0 Å². The van der Waals surface area contributed by atoms with Gasteiger partial charge in [-0.25, -0.2) is 0 Å². The predicted molar refractivity (Wildman–Crippen MR) is 114 cm³/mol. The van der Waals surface area contributed by atoms with Gasteiger partial charge in [0.2, 0.25) is 0 Å². The number of benzene rings is 2. The van der Waals surface area contributed by atoms with Crippen LogP contribution >= 0.6 is 0 Å². The summed E-state index contributed by atoms with van der Waals surface area (Å²) in [5.74, 6) is 1.57. The molecular weight excluding hydrogens is 350 g/mol. The first-order chi connectivity index (χ1) is 13.7. The minimum atomic E-state index is 0.541. The molecule has 0 aromatic heterocycles. The minimum Gasteiger partial charge on any atom is -0.493 e. The van der Waals surface area contributed by atoms with E-state index in [1.54, 1.807) is 7.11 Å². The molecule has 1 fully saturated rings. The molecule has 5 nitrogen and oxygen atoms in total. The standard InChI is InChI=1S/C23H33N3O2/c1-25-13-15-26(16-14-25)12-6-11-24-18-21-9-10-22(27-2)23(17-21)28-19-20-7-4-3-5-8-20/h3-5,7-10,17,24H,6,11-16,18-19H2,1-2H3. The number of ether oxygens (including phenoxy) is 2. The molecule has 1 aliphatic heterocycles. The molecule has 0 atom stereocenters. The van der Waals surface area contributed by atoms with E-state index in [-0.39, 0.29) is 0 Å². The first-order valence-corrected chi connectivity index (χ1v) is 10.2. The summed E-state index contributed by atoms with van der Waals surface area (Å²) in [7, 11) is 3.88. The quantitative estimate of drug-likeness (QED) is 0.639. The predicted octanol–water partition coefficient (Wildman–Crippen LogP) is 3.00. The zero-order valence-electron chi connectivity index (χ0n) is 17.2. The van der Waals surface area contributed by atoms with Crippen molar-refractivity contribution in [2.24, 2.45) is 0 Å². The SMILES string of the molecule is COc1ccc(CNCCCN2CCN(C)CC2)cc1OCc1ccccc1. The number of hydrogen-bond donors (Lipinski definition) is 1. The van der Waals surface area contributed by atoms with Gasteiger partial charge in [0.1, 0.15) is 6.61 Å². The third-order valence-electron chi connectivity index (χ3n) is 5.22. The van der Waals surface area contributed by atoms with E-state index in [0.717, 1.165) is 30.2 Å². The summed E-state index contributed by atoms with van der Waals surface area (Å²) < 4.78 is 11.5. The summed E-state index contributed by atoms with van der Waals surface area (Å²) >= 11 is 0. The van der Waals surface area contributed by atoms with Gasteiger partial charge in [0.05, 0.1) is 7.11 Å². The number of likely N-dealkylation sites (N-methyl/N-ethyl adjacent to an activating group) is 1. The molecule has 2 aromatic carbocycles. The maximum atomic E-state index is 6.01. The molecule has 0 bridgehead atoms. The van der Waals surface area contributed by atoms with E-state index in [9.17, 15) is 0 Å². The molecule has 28 heavy (non-hydrogen) atoms. The lowest BCUT2D eigenvalue weighted by Crippen LogP contribution is -2.45. The average Bonchev–Trinajstić information content (AvgIpc) is 2.74. The number of nitrogens with one attached hydrogen (secondary N) is 1. The van der Waals surface area contributed by atoms with E-state index in [1.165, 1.54) is 44.7 Å². The largest absolute Gasteiger partial charge is 0.493 e. The monoisotopic (exact) mass is 383 g/mol. The van der Waals surface area contributed by atoms with E-state index in [2.05, 4.69) is 46.4 Å². The summed E-state index contributed by atoms with van der Waals surface area (Å²) in [5, 5.41) is 3.56. The molecule has 152 valence electrons. The first kappa shape index (κ1) is 20.6. The Kier molecular flexibility index (Phi) is 8.15. The molecule has 0 unspecified atom stereocenters. The third kappa shape index (κ3) is 6.51. The summed E-state index contributed by atoms with van der Waals surface area (Å²) in [6, 6.07) is 16.4. The second kappa shape index (κ2) is 11.1. The smallest absolute Gasteiger partial charge is 0.161 e. The number of rotatable bonds is 10. The van der Waals surface area contributed by atoms with E-state index < -0.39 is 0 Å². The molecule has 5 heteroatoms. The Labute approximate surface area is 169 Å². The van der Waals surface area contributed by atoms with Crippen LogP contribution in [-0.2, 0) is 13.2 Å². The van der Waals surface area contributed by atoms with Crippen molar-refractivity contribution in [3.63, 3.8) is 0 Å². The van der Waals surface area contributed by atoms with Crippen LogP contribution < -0.4 is 14.8 Å². The van der Waals surface area contributed by atoms with E-state index in [0.29, 0.717) is 6.61 Å². The van der Waals surface area contributed by atoms with Crippen LogP contribution in [0.15, 0.2) is 48.5 Å². The lowest BCUT2D eigenvalue weighted by Gasteiger charge is -2.32. The van der Waals surface area contributed by atoms with Gasteiger partial charge < -0.3 is 24.6 Å². The van der Waals surface area contributed by atoms with Gasteiger partial charge >= 0.3 is 0 Å². The highest BCUT2D eigenvalue weighted by Crippen LogP contribution is 2.28. The lowest BCUT2D eigenvalue weighted by atomic mass is 10.2. The van der Waals surface area contributed by atoms with Crippen LogP contribution in [0.4, 0.5) is 0 Å². The number of methoxy groups -OCH3 is 1. The van der Waals surface area contributed by atoms with Gasteiger partial charge in [0, 0.05) is 32.7 Å². The molecule has 0 spiro atoms. The maximum Gasteiger partial charge on any atom is 0.161 e. The highest BCUT2D eigenvalue weighted by Gasteiger charge is 2.12. The van der Waals surface area contributed by atoms with Gasteiger partial charge in [-0.2, -0.15) is 0 Å². The topological polar surface area (TPSA) is 37.0 Å². The Hall–Kier alpha value is -2.08. The first-order valence-electron chi connectivity index (χ1n) is 10.2. The van der Waals surface area contributed by atoms with Gasteiger partial charge in [-0.15, -0.1) is 0 Å². The van der Waals surface area contributed by atoms with Crippen LogP contribution in [0.5, 0.6) is 11.5 Å². The Bertz CT molecular complexity index is 700. The summed E-state index contributed by atoms with van der Waals surface area (Å²) in [6.07, 6.45) is 1.18. The number of piperazine rings is 1. The third-order valence-corrected chi connectivity index (χ3v) is 5.22. The fourth-order valence-electron chi connectivity index (χ4n) is 3.41. The molecule has 0 aliphatic carbocycles. The second-order valence-corrected chi connectivity index (χ2v) is 7.43. The molecule has 1 aliphatic rings. The zero-order chi connectivity index (χ0) is 19.6. The molecule has 1 heterocycles. The van der Waals surface area contributed by atoms with Gasteiger partial charge in [0.25, 0.3) is 0 Å². The van der Waals surface area contributed by atoms with Crippen LogP contribution in [0.1, 0.15) is 17.5 Å². The van der Waals surface area contributed by atoms with Crippen molar-refractivity contribution in [1.29, 1.82) is 0 Å². The zero-order valence-corrected chi connectivity index (χ0v) is 17.2. The van der Waals surface area contributed by atoms with Crippen molar-refractivity contribution in [3.05, 3.63) is 59.7 Å². The Balaban J connectivity index is 1.42. The molecule has 1 saturated heterocycles. The fraction of sp³-hybridized carbons (Fsp3) is 0.478. The van der Waals surface area contributed by atoms with Gasteiger partial charge in [-0.1, -0.05) is 36.4 Å². The van der Waals surface area contributed by atoms with Gasteiger partial charge in [-0.3, -0.25) is 0 Å². The van der Waals surface area contributed by atoms with Crippen molar-refractivity contribution in [1.82, 2.24) is 15.1 Å². The Morgan fingerprint density at radius 3 is 2.46 bits per heavy atom. The molecule has 0 saturated carbocycles. The van der Waals surface area contributed by atoms with Crippen LogP contribution in [0, 0.1) is 0 Å². The van der Waals surface area contributed by atoms with Crippen LogP contribution in [0.2, 0.25) is 0 Å². The molecule has 0 radical (unpaired) electrons. The second-order valence-electron chi connectivity index (χ2n) is 7.43. The molecule has 0 amide bonds. The van der Waals surface area contributed by atoms with Crippen LogP contribution in [0.25, 0.3) is 0 Å². The van der Waals surface area contributed by atoms with Crippen molar-refractivity contribution < 1.29 is 9.47 Å². The highest BCUT2D eigenvalue weighted by atomic mass is 16.5. The molecule has 1 N–H and O–H groups in total. The maximum absolute atomic E-state index is 6.01. The lowest BCUT2D eigenvalue weighted by molar-refractivity contribution is 0.153. The Morgan fingerprint density at radius 2 is 1.71 bits per heavy atom. The average molecular weight is 384 g/mol. The minimum absolute atomic E-state index is 0.541. The van der Waals surface area contributed by atoms with Gasteiger partial charge in [0.15, 0.2) is 11.5 Å². The summed E-state index contributed by atoms with van der Waals surface area (Å²) in [6.45, 7) is 8.34. The number of hydrogen-bond acceptors (Lipinski definition) is 5. The van der Waals surface area contributed by atoms with Crippen LogP contribution in [0.3, 0.4) is 0 Å².